The summed E-state index contributed by atoms with van der Waals surface area (Å²) in [5, 5.41) is 7.10. The Balaban J connectivity index is 2.02. The number of hydrogen-bond acceptors (Lipinski definition) is 3. The number of nitrogens with two attached hydrogens (primary N) is 1. The zero-order valence-corrected chi connectivity index (χ0v) is 10.4. The molecule has 17 heavy (non-hydrogen) atoms. The van der Waals surface area contributed by atoms with Gasteiger partial charge in [0.05, 0.1) is 17.3 Å². The summed E-state index contributed by atoms with van der Waals surface area (Å²) in [4.78, 5) is 12.1. The van der Waals surface area contributed by atoms with Crippen LogP contribution in [0, 0.1) is 5.41 Å². The molecule has 1 aromatic heterocycles. The van der Waals surface area contributed by atoms with Crippen LogP contribution in [0.5, 0.6) is 0 Å². The molecule has 0 radical (unpaired) electrons. The van der Waals surface area contributed by atoms with E-state index in [4.69, 9.17) is 5.73 Å². The highest BCUT2D eigenvalue weighted by Gasteiger charge is 2.42. The first-order chi connectivity index (χ1) is 8.07. The van der Waals surface area contributed by atoms with Crippen molar-refractivity contribution in [3.63, 3.8) is 0 Å². The number of anilines is 1. The van der Waals surface area contributed by atoms with Gasteiger partial charge in [-0.25, -0.2) is 0 Å². The van der Waals surface area contributed by atoms with E-state index in [9.17, 15) is 4.79 Å². The topological polar surface area (TPSA) is 72.9 Å². The van der Waals surface area contributed by atoms with Crippen LogP contribution in [0.15, 0.2) is 12.4 Å². The highest BCUT2D eigenvalue weighted by molar-refractivity contribution is 5.95. The van der Waals surface area contributed by atoms with Crippen LogP contribution >= 0.6 is 0 Å². The molecule has 1 aromatic rings. The van der Waals surface area contributed by atoms with Crippen LogP contribution in [-0.4, -0.2) is 22.2 Å². The van der Waals surface area contributed by atoms with Gasteiger partial charge in [0.15, 0.2) is 0 Å². The van der Waals surface area contributed by atoms with Crippen molar-refractivity contribution in [1.29, 1.82) is 0 Å². The lowest BCUT2D eigenvalue weighted by Gasteiger charge is -2.38. The molecule has 1 amide bonds. The summed E-state index contributed by atoms with van der Waals surface area (Å²) in [5.41, 5.74) is 6.11. The lowest BCUT2D eigenvalue weighted by Crippen LogP contribution is -2.47. The molecule has 5 nitrogen and oxygen atoms in total. The normalized spacial score (nSPS) is 17.9. The van der Waals surface area contributed by atoms with Gasteiger partial charge in [-0.2, -0.15) is 5.10 Å². The van der Waals surface area contributed by atoms with E-state index >= 15 is 0 Å². The van der Waals surface area contributed by atoms with Crippen molar-refractivity contribution < 1.29 is 4.79 Å². The fraction of sp³-hybridized carbons (Fsp3) is 0.667. The van der Waals surface area contributed by atoms with Gasteiger partial charge in [0.25, 0.3) is 0 Å². The minimum atomic E-state index is -0.333. The SMILES string of the molecule is CC(C)n1cc(NC(=O)C2(CN)CCC2)cn1. The molecule has 0 atom stereocenters. The molecule has 0 aromatic carbocycles. The summed E-state index contributed by atoms with van der Waals surface area (Å²) in [6.07, 6.45) is 6.42. The fourth-order valence-electron chi connectivity index (χ4n) is 2.08. The molecule has 2 rings (SSSR count). The lowest BCUT2D eigenvalue weighted by molar-refractivity contribution is -0.129. The Morgan fingerprint density at radius 1 is 1.65 bits per heavy atom. The molecule has 94 valence electrons. The average molecular weight is 236 g/mol. The highest BCUT2D eigenvalue weighted by atomic mass is 16.2. The van der Waals surface area contributed by atoms with Gasteiger partial charge in [0.2, 0.25) is 5.91 Å². The summed E-state index contributed by atoms with van der Waals surface area (Å²) in [6.45, 7) is 4.52. The number of carbonyl (C=O) groups excluding carboxylic acids is 1. The van der Waals surface area contributed by atoms with Gasteiger partial charge in [-0.05, 0) is 26.7 Å². The van der Waals surface area contributed by atoms with Crippen molar-refractivity contribution >= 4 is 11.6 Å². The Labute approximate surface area is 101 Å². The zero-order chi connectivity index (χ0) is 12.5. The fourth-order valence-corrected chi connectivity index (χ4v) is 2.08. The minimum Gasteiger partial charge on any atom is -0.329 e. The molecule has 5 heteroatoms. The molecule has 0 bridgehead atoms. The van der Waals surface area contributed by atoms with E-state index in [1.807, 2.05) is 24.7 Å². The maximum Gasteiger partial charge on any atom is 0.231 e. The summed E-state index contributed by atoms with van der Waals surface area (Å²) >= 11 is 0. The second-order valence-electron chi connectivity index (χ2n) is 5.09. The Hall–Kier alpha value is -1.36. The van der Waals surface area contributed by atoms with Crippen LogP contribution in [0.2, 0.25) is 0 Å². The Bertz CT molecular complexity index is 401. The molecule has 1 aliphatic carbocycles. The van der Waals surface area contributed by atoms with Gasteiger partial charge in [-0.15, -0.1) is 0 Å². The van der Waals surface area contributed by atoms with E-state index in [-0.39, 0.29) is 11.3 Å². The van der Waals surface area contributed by atoms with E-state index in [0.29, 0.717) is 12.6 Å². The first kappa shape index (κ1) is 12.1. The van der Waals surface area contributed by atoms with Gasteiger partial charge < -0.3 is 11.1 Å². The maximum absolute atomic E-state index is 12.1. The van der Waals surface area contributed by atoms with E-state index in [2.05, 4.69) is 10.4 Å². The number of hydrogen-bond donors (Lipinski definition) is 2. The zero-order valence-electron chi connectivity index (χ0n) is 10.4. The average Bonchev–Trinajstić information content (AvgIpc) is 2.65. The van der Waals surface area contributed by atoms with Crippen molar-refractivity contribution in [2.75, 3.05) is 11.9 Å². The molecule has 0 saturated heterocycles. The summed E-state index contributed by atoms with van der Waals surface area (Å²) < 4.78 is 1.82. The molecular weight excluding hydrogens is 216 g/mol. The van der Waals surface area contributed by atoms with Gasteiger partial charge in [-0.3, -0.25) is 9.48 Å². The van der Waals surface area contributed by atoms with Crippen LogP contribution in [0.3, 0.4) is 0 Å². The van der Waals surface area contributed by atoms with Gasteiger partial charge in [-0.1, -0.05) is 6.42 Å². The minimum absolute atomic E-state index is 0.0366. The van der Waals surface area contributed by atoms with Crippen LogP contribution in [0.1, 0.15) is 39.2 Å². The first-order valence-corrected chi connectivity index (χ1v) is 6.13. The predicted octanol–water partition coefficient (Wildman–Crippen LogP) is 1.53. The number of nitrogens with zero attached hydrogens (tertiary/aromatic N) is 2. The molecule has 0 aliphatic heterocycles. The standard InChI is InChI=1S/C12H20N4O/c1-9(2)16-7-10(6-14-16)15-11(17)12(8-13)4-3-5-12/h6-7,9H,3-5,8,13H2,1-2H3,(H,15,17). The van der Waals surface area contributed by atoms with Gasteiger partial charge in [0.1, 0.15) is 0 Å². The molecule has 1 aliphatic rings. The second kappa shape index (κ2) is 4.49. The second-order valence-corrected chi connectivity index (χ2v) is 5.09. The van der Waals surface area contributed by atoms with Gasteiger partial charge >= 0.3 is 0 Å². The number of aromatic nitrogens is 2. The molecule has 0 spiro atoms. The number of nitrogens with one attached hydrogen (secondary N) is 1. The predicted molar refractivity (Wildman–Crippen MR) is 66.6 cm³/mol. The van der Waals surface area contributed by atoms with Gasteiger partial charge in [0, 0.05) is 18.8 Å². The highest BCUT2D eigenvalue weighted by Crippen LogP contribution is 2.40. The summed E-state index contributed by atoms with van der Waals surface area (Å²) in [6, 6.07) is 0.299. The molecule has 0 unspecified atom stereocenters. The van der Waals surface area contributed by atoms with Crippen LogP contribution in [0.25, 0.3) is 0 Å². The molecule has 3 N–H and O–H groups in total. The van der Waals surface area contributed by atoms with Crippen molar-refractivity contribution in [3.8, 4) is 0 Å². The quantitative estimate of drug-likeness (QED) is 0.832. The van der Waals surface area contributed by atoms with E-state index in [1.165, 1.54) is 0 Å². The van der Waals surface area contributed by atoms with E-state index < -0.39 is 0 Å². The Morgan fingerprint density at radius 2 is 2.35 bits per heavy atom. The molecule has 1 heterocycles. The van der Waals surface area contributed by atoms with Crippen molar-refractivity contribution in [1.82, 2.24) is 9.78 Å². The number of rotatable bonds is 4. The van der Waals surface area contributed by atoms with E-state index in [1.54, 1.807) is 6.20 Å². The summed E-state index contributed by atoms with van der Waals surface area (Å²) in [5.74, 6) is 0.0366. The van der Waals surface area contributed by atoms with E-state index in [0.717, 1.165) is 24.9 Å². The third kappa shape index (κ3) is 2.20. The Morgan fingerprint density at radius 3 is 2.76 bits per heavy atom. The first-order valence-electron chi connectivity index (χ1n) is 6.13. The largest absolute Gasteiger partial charge is 0.329 e. The van der Waals surface area contributed by atoms with Crippen molar-refractivity contribution in [3.05, 3.63) is 12.4 Å². The third-order valence-corrected chi connectivity index (χ3v) is 3.57. The van der Waals surface area contributed by atoms with Crippen molar-refractivity contribution in [2.24, 2.45) is 11.1 Å². The van der Waals surface area contributed by atoms with Crippen LogP contribution in [-0.2, 0) is 4.79 Å². The third-order valence-electron chi connectivity index (χ3n) is 3.57. The molecule has 1 saturated carbocycles. The van der Waals surface area contributed by atoms with Crippen LogP contribution in [0.4, 0.5) is 5.69 Å². The lowest BCUT2D eigenvalue weighted by atomic mass is 9.68. The summed E-state index contributed by atoms with van der Waals surface area (Å²) in [7, 11) is 0. The Kier molecular flexibility index (Phi) is 3.19. The van der Waals surface area contributed by atoms with Crippen molar-refractivity contribution in [2.45, 2.75) is 39.2 Å². The number of carbonyl (C=O) groups is 1. The monoisotopic (exact) mass is 236 g/mol. The molecular formula is C12H20N4O. The molecule has 1 fully saturated rings. The van der Waals surface area contributed by atoms with Crippen LogP contribution < -0.4 is 11.1 Å². The maximum atomic E-state index is 12.1. The smallest absolute Gasteiger partial charge is 0.231 e. The number of amides is 1.